The second kappa shape index (κ2) is 5.07. The zero-order chi connectivity index (χ0) is 12.4. The fraction of sp³-hybridized carbons (Fsp3) is 0.571. The Labute approximate surface area is 102 Å². The predicted octanol–water partition coefficient (Wildman–Crippen LogP) is 1.96. The summed E-state index contributed by atoms with van der Waals surface area (Å²) in [6.07, 6.45) is 5.05. The Hall–Kier alpha value is -1.06. The average Bonchev–Trinajstić information content (AvgIpc) is 2.29. The number of aryl methyl sites for hydroxylation is 1. The molecule has 0 aromatic heterocycles. The van der Waals surface area contributed by atoms with Crippen LogP contribution < -0.4 is 5.73 Å². The Morgan fingerprint density at radius 2 is 2.06 bits per heavy atom. The highest BCUT2D eigenvalue weighted by atomic mass is 16.3. The molecule has 1 aliphatic rings. The third kappa shape index (κ3) is 2.31. The first-order valence-corrected chi connectivity index (χ1v) is 6.35. The number of aliphatic hydroxyl groups excluding tert-OH is 1. The number of benzene rings is 1. The van der Waals surface area contributed by atoms with Crippen LogP contribution in [-0.2, 0) is 12.8 Å². The molecule has 0 heterocycles. The summed E-state index contributed by atoms with van der Waals surface area (Å²) in [4.78, 5) is 0. The number of aliphatic hydroxyl groups is 1. The molecule has 0 fully saturated rings. The first kappa shape index (κ1) is 12.4. The molecule has 1 aromatic rings. The topological polar surface area (TPSA) is 66.5 Å². The lowest BCUT2D eigenvalue weighted by atomic mass is 9.84. The highest BCUT2D eigenvalue weighted by Crippen LogP contribution is 2.35. The third-order valence-corrected chi connectivity index (χ3v) is 3.76. The van der Waals surface area contributed by atoms with Crippen LogP contribution in [0.3, 0.4) is 0 Å². The van der Waals surface area contributed by atoms with Gasteiger partial charge in [-0.15, -0.1) is 0 Å². The van der Waals surface area contributed by atoms with E-state index in [-0.39, 0.29) is 12.6 Å². The van der Waals surface area contributed by atoms with Gasteiger partial charge in [0.15, 0.2) is 0 Å². The van der Waals surface area contributed by atoms with E-state index in [2.05, 4.69) is 0 Å². The lowest BCUT2D eigenvalue weighted by Crippen LogP contribution is -2.16. The zero-order valence-corrected chi connectivity index (χ0v) is 10.4. The molecular weight excluding hydrogens is 214 g/mol. The van der Waals surface area contributed by atoms with E-state index < -0.39 is 0 Å². The Balaban J connectivity index is 2.45. The largest absolute Gasteiger partial charge is 0.508 e. The van der Waals surface area contributed by atoms with Crippen LogP contribution in [0, 0.1) is 6.92 Å². The molecule has 4 N–H and O–H groups in total. The fourth-order valence-corrected chi connectivity index (χ4v) is 2.87. The Bertz CT molecular complexity index is 415. The molecule has 3 nitrogen and oxygen atoms in total. The Morgan fingerprint density at radius 3 is 2.76 bits per heavy atom. The van der Waals surface area contributed by atoms with Gasteiger partial charge in [-0.2, -0.15) is 0 Å². The number of aromatic hydroxyl groups is 1. The maximum absolute atomic E-state index is 10.1. The minimum Gasteiger partial charge on any atom is -0.508 e. The molecule has 0 radical (unpaired) electrons. The van der Waals surface area contributed by atoms with Gasteiger partial charge < -0.3 is 15.9 Å². The molecule has 1 aromatic carbocycles. The second-order valence-corrected chi connectivity index (χ2v) is 4.90. The normalized spacial score (nSPS) is 16.6. The van der Waals surface area contributed by atoms with Crippen molar-refractivity contribution < 1.29 is 10.2 Å². The van der Waals surface area contributed by atoms with E-state index in [4.69, 9.17) is 10.8 Å². The van der Waals surface area contributed by atoms with Crippen molar-refractivity contribution >= 4 is 0 Å². The standard InChI is InChI=1S/C14H21NO2/c1-9-11-5-3-2-4-10(11)8-13(17)14(9)12(15)6-7-16/h8,12,16-17H,2-7,15H2,1H3. The highest BCUT2D eigenvalue weighted by Gasteiger charge is 2.20. The van der Waals surface area contributed by atoms with Crippen LogP contribution in [0.2, 0.25) is 0 Å². The van der Waals surface area contributed by atoms with Crippen LogP contribution in [0.15, 0.2) is 6.07 Å². The van der Waals surface area contributed by atoms with E-state index in [1.54, 1.807) is 0 Å². The maximum Gasteiger partial charge on any atom is 0.120 e. The van der Waals surface area contributed by atoms with Crippen LogP contribution in [0.1, 0.15) is 47.6 Å². The van der Waals surface area contributed by atoms with Crippen molar-refractivity contribution in [1.82, 2.24) is 0 Å². The molecule has 2 rings (SSSR count). The lowest BCUT2D eigenvalue weighted by molar-refractivity contribution is 0.275. The van der Waals surface area contributed by atoms with Crippen molar-refractivity contribution in [1.29, 1.82) is 0 Å². The molecule has 94 valence electrons. The highest BCUT2D eigenvalue weighted by molar-refractivity contribution is 5.50. The minimum absolute atomic E-state index is 0.0527. The number of phenolic OH excluding ortho intramolecular Hbond substituents is 1. The molecule has 17 heavy (non-hydrogen) atoms. The number of phenols is 1. The molecule has 0 saturated carbocycles. The summed E-state index contributed by atoms with van der Waals surface area (Å²) >= 11 is 0. The summed E-state index contributed by atoms with van der Waals surface area (Å²) in [7, 11) is 0. The van der Waals surface area contributed by atoms with Crippen LogP contribution in [0.25, 0.3) is 0 Å². The number of fused-ring (bicyclic) bond motifs is 1. The van der Waals surface area contributed by atoms with E-state index in [0.29, 0.717) is 12.2 Å². The van der Waals surface area contributed by atoms with Gasteiger partial charge in [-0.25, -0.2) is 0 Å². The molecule has 0 bridgehead atoms. The monoisotopic (exact) mass is 235 g/mol. The molecule has 3 heteroatoms. The molecule has 0 amide bonds. The summed E-state index contributed by atoms with van der Waals surface area (Å²) in [5, 5.41) is 19.0. The van der Waals surface area contributed by atoms with Crippen molar-refractivity contribution in [3.05, 3.63) is 28.3 Å². The Morgan fingerprint density at radius 1 is 1.35 bits per heavy atom. The second-order valence-electron chi connectivity index (χ2n) is 4.90. The molecule has 0 aliphatic heterocycles. The summed E-state index contributed by atoms with van der Waals surface area (Å²) in [5.41, 5.74) is 10.6. The van der Waals surface area contributed by atoms with Gasteiger partial charge in [-0.3, -0.25) is 0 Å². The summed E-state index contributed by atoms with van der Waals surface area (Å²) < 4.78 is 0. The van der Waals surface area contributed by atoms with Crippen LogP contribution in [-0.4, -0.2) is 16.8 Å². The van der Waals surface area contributed by atoms with Gasteiger partial charge in [-0.05, 0) is 61.8 Å². The summed E-state index contributed by atoms with van der Waals surface area (Å²) in [5.74, 6) is 0.295. The average molecular weight is 235 g/mol. The maximum atomic E-state index is 10.1. The summed E-state index contributed by atoms with van der Waals surface area (Å²) in [6, 6.07) is 1.60. The summed E-state index contributed by atoms with van der Waals surface area (Å²) in [6.45, 7) is 2.09. The van der Waals surface area contributed by atoms with Gasteiger partial charge in [0.2, 0.25) is 0 Å². The molecular formula is C14H21NO2. The fourth-order valence-electron chi connectivity index (χ4n) is 2.87. The van der Waals surface area contributed by atoms with Crippen molar-refractivity contribution in [3.63, 3.8) is 0 Å². The van der Waals surface area contributed by atoms with E-state index in [9.17, 15) is 5.11 Å². The number of nitrogens with two attached hydrogens (primary N) is 1. The van der Waals surface area contributed by atoms with E-state index in [0.717, 1.165) is 24.0 Å². The van der Waals surface area contributed by atoms with E-state index >= 15 is 0 Å². The molecule has 0 saturated heterocycles. The van der Waals surface area contributed by atoms with Gasteiger partial charge in [0.05, 0.1) is 0 Å². The zero-order valence-electron chi connectivity index (χ0n) is 10.4. The van der Waals surface area contributed by atoms with Gasteiger partial charge >= 0.3 is 0 Å². The molecule has 1 atom stereocenters. The lowest BCUT2D eigenvalue weighted by Gasteiger charge is -2.24. The number of hydrogen-bond donors (Lipinski definition) is 3. The first-order valence-electron chi connectivity index (χ1n) is 6.35. The minimum atomic E-state index is -0.271. The number of rotatable bonds is 3. The van der Waals surface area contributed by atoms with Gasteiger partial charge in [0.1, 0.15) is 5.75 Å². The quantitative estimate of drug-likeness (QED) is 0.750. The molecule has 1 unspecified atom stereocenters. The first-order chi connectivity index (χ1) is 8.15. The van der Waals surface area contributed by atoms with Gasteiger partial charge in [0.25, 0.3) is 0 Å². The van der Waals surface area contributed by atoms with Crippen LogP contribution in [0.5, 0.6) is 5.75 Å². The molecule has 0 spiro atoms. The smallest absolute Gasteiger partial charge is 0.120 e. The number of hydrogen-bond acceptors (Lipinski definition) is 3. The SMILES string of the molecule is Cc1c2c(cc(O)c1C(N)CCO)CCCC2. The van der Waals surface area contributed by atoms with Crippen LogP contribution >= 0.6 is 0 Å². The van der Waals surface area contributed by atoms with Gasteiger partial charge in [-0.1, -0.05) is 0 Å². The van der Waals surface area contributed by atoms with Crippen LogP contribution in [0.4, 0.5) is 0 Å². The van der Waals surface area contributed by atoms with E-state index in [1.807, 2.05) is 13.0 Å². The van der Waals surface area contributed by atoms with Crippen molar-refractivity contribution in [2.75, 3.05) is 6.61 Å². The van der Waals surface area contributed by atoms with Crippen molar-refractivity contribution in [2.45, 2.75) is 45.1 Å². The van der Waals surface area contributed by atoms with Gasteiger partial charge in [0, 0.05) is 18.2 Å². The van der Waals surface area contributed by atoms with Crippen molar-refractivity contribution in [3.8, 4) is 5.75 Å². The van der Waals surface area contributed by atoms with E-state index in [1.165, 1.54) is 24.0 Å². The Kier molecular flexibility index (Phi) is 3.69. The third-order valence-electron chi connectivity index (χ3n) is 3.76. The van der Waals surface area contributed by atoms with Crippen molar-refractivity contribution in [2.24, 2.45) is 5.73 Å². The predicted molar refractivity (Wildman–Crippen MR) is 68.1 cm³/mol. The molecule has 1 aliphatic carbocycles.